The number of hydrogen-bond acceptors (Lipinski definition) is 9. The maximum absolute atomic E-state index is 15.0. The first-order valence-corrected chi connectivity index (χ1v) is 19.1. The highest BCUT2D eigenvalue weighted by molar-refractivity contribution is 7.91. The van der Waals surface area contributed by atoms with E-state index in [2.05, 4.69) is 21.6 Å². The van der Waals surface area contributed by atoms with Gasteiger partial charge in [-0.25, -0.2) is 27.5 Å². The van der Waals surface area contributed by atoms with Crippen LogP contribution in [0.15, 0.2) is 61.3 Å². The number of anilines is 1. The topological polar surface area (TPSA) is 147 Å². The minimum atomic E-state index is -4.05. The number of urea groups is 1. The Kier molecular flexibility index (Phi) is 9.94. The first-order valence-electron chi connectivity index (χ1n) is 17.1. The molecule has 0 spiro atoms. The summed E-state index contributed by atoms with van der Waals surface area (Å²) in [6.07, 6.45) is 3.55. The zero-order chi connectivity index (χ0) is 37.7. The normalized spacial score (nSPS) is 23.4. The zero-order valence-corrected chi connectivity index (χ0v) is 31.3. The lowest BCUT2D eigenvalue weighted by Gasteiger charge is -2.40. The van der Waals surface area contributed by atoms with Crippen LogP contribution in [0.5, 0.6) is 11.6 Å². The molecule has 1 aromatic heterocycles. The second-order valence-corrected chi connectivity index (χ2v) is 17.3. The maximum Gasteiger partial charge on any atom is 0.328 e. The number of halogens is 2. The Morgan fingerprint density at radius 2 is 1.90 bits per heavy atom. The fourth-order valence-corrected chi connectivity index (χ4v) is 8.41. The fraction of sp³-hybridized carbons (Fsp3) is 0.459. The van der Waals surface area contributed by atoms with Crippen molar-refractivity contribution in [3.05, 3.63) is 72.2 Å². The number of nitrogens with one attached hydrogen (secondary N) is 2. The molecule has 1 saturated heterocycles. The van der Waals surface area contributed by atoms with Gasteiger partial charge in [-0.1, -0.05) is 44.5 Å². The molecular formula is C37H43ClFN5O7S. The summed E-state index contributed by atoms with van der Waals surface area (Å²) in [6.45, 7) is 11.0. The van der Waals surface area contributed by atoms with Crippen LogP contribution in [0.4, 0.5) is 14.9 Å². The average molecular weight is 756 g/mol. The lowest BCUT2D eigenvalue weighted by molar-refractivity contribution is -0.141. The number of rotatable bonds is 11. The minimum Gasteiger partial charge on any atom is -0.494 e. The van der Waals surface area contributed by atoms with Crippen LogP contribution in [0.25, 0.3) is 10.8 Å². The van der Waals surface area contributed by atoms with Crippen LogP contribution in [0.3, 0.4) is 0 Å². The summed E-state index contributed by atoms with van der Waals surface area (Å²) in [5.74, 6) is -2.21. The number of fused-ring (bicyclic) bond motifs is 1. The molecule has 1 unspecified atom stereocenters. The summed E-state index contributed by atoms with van der Waals surface area (Å²) >= 11 is 6.31. The first kappa shape index (κ1) is 37.3. The molecule has 1 aliphatic heterocycles. The van der Waals surface area contributed by atoms with Crippen LogP contribution in [-0.2, 0) is 19.6 Å². The lowest BCUT2D eigenvalue weighted by atomic mass is 9.85. The molecule has 2 saturated carbocycles. The molecule has 52 heavy (non-hydrogen) atoms. The van der Waals surface area contributed by atoms with E-state index in [0.717, 1.165) is 10.3 Å². The van der Waals surface area contributed by atoms with Crippen molar-refractivity contribution in [2.45, 2.75) is 82.4 Å². The van der Waals surface area contributed by atoms with E-state index in [1.165, 1.54) is 42.5 Å². The summed E-state index contributed by atoms with van der Waals surface area (Å²) < 4.78 is 54.4. The Morgan fingerprint density at radius 3 is 2.52 bits per heavy atom. The van der Waals surface area contributed by atoms with E-state index in [9.17, 15) is 27.2 Å². The molecule has 3 fully saturated rings. The van der Waals surface area contributed by atoms with Gasteiger partial charge in [0, 0.05) is 39.9 Å². The Balaban J connectivity index is 1.36. The molecule has 2 heterocycles. The van der Waals surface area contributed by atoms with Gasteiger partial charge in [0.25, 0.3) is 11.8 Å². The van der Waals surface area contributed by atoms with Gasteiger partial charge in [0.2, 0.25) is 15.9 Å². The van der Waals surface area contributed by atoms with Crippen molar-refractivity contribution in [3.8, 4) is 11.6 Å². The van der Waals surface area contributed by atoms with Gasteiger partial charge >= 0.3 is 6.03 Å². The Hall–Kier alpha value is -4.43. The number of likely N-dealkylation sites (tertiary alicyclic amines) is 1. The van der Waals surface area contributed by atoms with E-state index in [4.69, 9.17) is 21.1 Å². The summed E-state index contributed by atoms with van der Waals surface area (Å²) in [6, 6.07) is 8.37. The fourth-order valence-electron chi connectivity index (χ4n) is 6.88. The zero-order valence-electron chi connectivity index (χ0n) is 29.7. The lowest BCUT2D eigenvalue weighted by Crippen LogP contribution is -2.64. The van der Waals surface area contributed by atoms with Gasteiger partial charge in [0.1, 0.15) is 29.3 Å². The van der Waals surface area contributed by atoms with E-state index < -0.39 is 74.0 Å². The summed E-state index contributed by atoms with van der Waals surface area (Å²) in [5.41, 5.74) is -2.47. The molecule has 278 valence electrons. The molecule has 12 nitrogen and oxygen atoms in total. The molecule has 3 aliphatic rings. The molecule has 0 radical (unpaired) electrons. The largest absolute Gasteiger partial charge is 0.494 e. The van der Waals surface area contributed by atoms with Crippen LogP contribution in [0.2, 0.25) is 5.02 Å². The van der Waals surface area contributed by atoms with Crippen LogP contribution in [0.1, 0.15) is 53.4 Å². The highest BCUT2D eigenvalue weighted by Crippen LogP contribution is 2.52. The number of carbonyl (C=O) groups is 3. The van der Waals surface area contributed by atoms with Crippen LogP contribution < -0.4 is 19.5 Å². The highest BCUT2D eigenvalue weighted by atomic mass is 35.5. The number of ether oxygens (including phenoxy) is 2. The predicted molar refractivity (Wildman–Crippen MR) is 195 cm³/mol. The number of carbonyl (C=O) groups excluding carboxylic acids is 3. The number of aromatic nitrogens is 1. The second kappa shape index (κ2) is 13.8. The van der Waals surface area contributed by atoms with Crippen molar-refractivity contribution < 1.29 is 36.7 Å². The number of pyridine rings is 1. The van der Waals surface area contributed by atoms with Crippen LogP contribution in [-0.4, -0.2) is 83.7 Å². The molecule has 3 aromatic rings. The second-order valence-electron chi connectivity index (χ2n) is 14.9. The Morgan fingerprint density at radius 1 is 1.17 bits per heavy atom. The van der Waals surface area contributed by atoms with Gasteiger partial charge in [-0.05, 0) is 68.0 Å². The maximum atomic E-state index is 15.0. The number of nitrogens with zero attached hydrogens (tertiary/aromatic N) is 3. The molecule has 5 atom stereocenters. The first-order chi connectivity index (χ1) is 24.5. The molecule has 4 amide bonds. The number of benzene rings is 2. The monoisotopic (exact) mass is 755 g/mol. The highest BCUT2D eigenvalue weighted by Gasteiger charge is 2.68. The van der Waals surface area contributed by atoms with Crippen molar-refractivity contribution in [1.29, 1.82) is 0 Å². The summed E-state index contributed by atoms with van der Waals surface area (Å²) in [5, 5.41) is 4.16. The smallest absolute Gasteiger partial charge is 0.328 e. The van der Waals surface area contributed by atoms with E-state index in [1.807, 2.05) is 0 Å². The molecule has 2 N–H and O–H groups in total. The Bertz CT molecular complexity index is 2040. The van der Waals surface area contributed by atoms with Crippen molar-refractivity contribution in [2.75, 3.05) is 19.0 Å². The number of sulfonamides is 1. The van der Waals surface area contributed by atoms with Gasteiger partial charge in [-0.2, -0.15) is 0 Å². The van der Waals surface area contributed by atoms with Crippen molar-refractivity contribution in [2.24, 2.45) is 11.3 Å². The minimum absolute atomic E-state index is 0.0217. The standard InChI is InChI=1S/C37H43ClFN5O7S/c1-7-22-18-37(22,34(46)42-52(48,49)27-12-13-27)44(33(45)31(36(3,4)5)41-25-10-8-9-24(39)17-25)35(47)43-20-26(15-21(43)2)51-32-29-16-23(38)11-14-28(29)30(50-6)19-40-32/h7-11,14,16-17,19,21-22,26-27,31,41H,1,12-13,15,18,20H2,2-6H3,(H,42,46)/t21?,22-,26-,31-,37-/m1/s1. The van der Waals surface area contributed by atoms with E-state index in [0.29, 0.717) is 35.4 Å². The third-order valence-electron chi connectivity index (χ3n) is 9.98. The molecule has 6 rings (SSSR count). The van der Waals surface area contributed by atoms with Crippen molar-refractivity contribution in [3.63, 3.8) is 0 Å². The van der Waals surface area contributed by atoms with Gasteiger partial charge in [0.15, 0.2) is 0 Å². The van der Waals surface area contributed by atoms with Crippen LogP contribution >= 0.6 is 11.6 Å². The van der Waals surface area contributed by atoms with E-state index in [1.54, 1.807) is 52.0 Å². The molecule has 2 aromatic carbocycles. The van der Waals surface area contributed by atoms with Gasteiger partial charge in [0.05, 0.1) is 25.1 Å². The Labute approximate surface area is 307 Å². The van der Waals surface area contributed by atoms with Crippen molar-refractivity contribution in [1.82, 2.24) is 19.5 Å². The number of amides is 4. The van der Waals surface area contributed by atoms with E-state index in [-0.39, 0.29) is 24.5 Å². The van der Waals surface area contributed by atoms with E-state index >= 15 is 0 Å². The number of imide groups is 1. The number of methoxy groups -OCH3 is 1. The quantitative estimate of drug-likeness (QED) is 0.228. The van der Waals surface area contributed by atoms with Gasteiger partial charge < -0.3 is 19.7 Å². The van der Waals surface area contributed by atoms with Crippen LogP contribution in [0, 0.1) is 17.2 Å². The van der Waals surface area contributed by atoms with Crippen molar-refractivity contribution >= 4 is 55.9 Å². The summed E-state index contributed by atoms with van der Waals surface area (Å²) in [7, 11) is -2.52. The number of hydrogen-bond donors (Lipinski definition) is 2. The summed E-state index contributed by atoms with van der Waals surface area (Å²) in [4.78, 5) is 50.8. The third-order valence-corrected chi connectivity index (χ3v) is 12.0. The average Bonchev–Trinajstić information content (AvgIpc) is 4.01. The molecule has 15 heteroatoms. The molecule has 0 bridgehead atoms. The third kappa shape index (κ3) is 7.14. The molecular weight excluding hydrogens is 713 g/mol. The predicted octanol–water partition coefficient (Wildman–Crippen LogP) is 5.91. The SMILES string of the molecule is C=C[C@@H]1C[C@@]1(C(=O)NS(=O)(=O)C1CC1)N(C(=O)[C@@H](Nc1cccc(F)c1)C(C)(C)C)C(=O)N1C[C@H](Oc2ncc(OC)c3ccc(Cl)cc23)CC1C. The molecule has 2 aliphatic carbocycles. The van der Waals surface area contributed by atoms with Gasteiger partial charge in [-0.3, -0.25) is 14.3 Å². The van der Waals surface area contributed by atoms with Gasteiger partial charge in [-0.15, -0.1) is 6.58 Å².